The molecule has 0 N–H and O–H groups in total. The van der Waals surface area contributed by atoms with Gasteiger partial charge in [-0.3, -0.25) is 0 Å². The average Bonchev–Trinajstić information content (AvgIpc) is 2.56. The van der Waals surface area contributed by atoms with E-state index in [4.69, 9.17) is 10.7 Å². The number of benzene rings is 2. The third kappa shape index (κ3) is 2.53. The topological polar surface area (TPSA) is 46.5 Å². The van der Waals surface area contributed by atoms with Gasteiger partial charge in [0.25, 0.3) is 0 Å². The van der Waals surface area contributed by atoms with Crippen LogP contribution in [0.15, 0.2) is 65.1 Å². The van der Waals surface area contributed by atoms with Crippen LogP contribution >= 0.6 is 10.7 Å². The summed E-state index contributed by atoms with van der Waals surface area (Å²) in [4.78, 5) is 0. The molecule has 0 aliphatic heterocycles. The summed E-state index contributed by atoms with van der Waals surface area (Å²) in [5.41, 5.74) is 0. The van der Waals surface area contributed by atoms with Crippen LogP contribution in [-0.2, 0) is 9.24 Å². The number of hydrogen-bond donors (Lipinski definition) is 0. The summed E-state index contributed by atoms with van der Waals surface area (Å²) in [6, 6.07) is 18.9. The molecule has 0 saturated heterocycles. The SMILES string of the molecule is O=S(=O)(Cl)N=c1c2ccccc2ccc2ccccc12. The first-order valence-electron chi connectivity index (χ1n) is 5.96. The minimum absolute atomic E-state index is 0.371. The van der Waals surface area contributed by atoms with Gasteiger partial charge in [-0.25, -0.2) is 0 Å². The Morgan fingerprint density at radius 1 is 0.750 bits per heavy atom. The van der Waals surface area contributed by atoms with Gasteiger partial charge in [-0.1, -0.05) is 60.7 Å². The molecule has 0 radical (unpaired) electrons. The Hall–Kier alpha value is -1.91. The highest BCUT2D eigenvalue weighted by Crippen LogP contribution is 2.15. The summed E-state index contributed by atoms with van der Waals surface area (Å²) in [6.07, 6.45) is 0. The van der Waals surface area contributed by atoms with Crippen LogP contribution in [-0.4, -0.2) is 8.42 Å². The van der Waals surface area contributed by atoms with Crippen molar-refractivity contribution in [1.82, 2.24) is 0 Å². The molecule has 5 heteroatoms. The zero-order chi connectivity index (χ0) is 14.2. The molecule has 0 aromatic heterocycles. The number of fused-ring (bicyclic) bond motifs is 2. The van der Waals surface area contributed by atoms with Crippen molar-refractivity contribution >= 4 is 41.5 Å². The van der Waals surface area contributed by atoms with Crippen molar-refractivity contribution < 1.29 is 8.42 Å². The summed E-state index contributed by atoms with van der Waals surface area (Å²) in [5.74, 6) is 0. The van der Waals surface area contributed by atoms with E-state index >= 15 is 0 Å². The summed E-state index contributed by atoms with van der Waals surface area (Å²) < 4.78 is 26.5. The number of hydrogen-bond acceptors (Lipinski definition) is 2. The van der Waals surface area contributed by atoms with E-state index in [2.05, 4.69) is 4.40 Å². The molecule has 0 atom stereocenters. The van der Waals surface area contributed by atoms with Gasteiger partial charge in [0.15, 0.2) is 0 Å². The van der Waals surface area contributed by atoms with Gasteiger partial charge in [-0.05, 0) is 10.8 Å². The average molecular weight is 304 g/mol. The summed E-state index contributed by atoms with van der Waals surface area (Å²) in [5, 5.41) is 3.68. The summed E-state index contributed by atoms with van der Waals surface area (Å²) in [7, 11) is 1.32. The van der Waals surface area contributed by atoms with E-state index in [1.807, 2.05) is 60.7 Å². The van der Waals surface area contributed by atoms with Crippen molar-refractivity contribution in [2.24, 2.45) is 4.40 Å². The van der Waals surface area contributed by atoms with E-state index in [0.29, 0.717) is 5.36 Å². The van der Waals surface area contributed by atoms with E-state index in [1.165, 1.54) is 0 Å². The molecule has 0 saturated carbocycles. The van der Waals surface area contributed by atoms with Crippen LogP contribution in [0.4, 0.5) is 0 Å². The van der Waals surface area contributed by atoms with Gasteiger partial charge in [0.1, 0.15) is 0 Å². The zero-order valence-electron chi connectivity index (χ0n) is 10.3. The van der Waals surface area contributed by atoms with Crippen LogP contribution in [0.3, 0.4) is 0 Å². The molecule has 0 fully saturated rings. The molecule has 0 spiro atoms. The van der Waals surface area contributed by atoms with Gasteiger partial charge in [-0.15, -0.1) is 4.40 Å². The Balaban J connectivity index is 2.71. The second-order valence-electron chi connectivity index (χ2n) is 4.36. The van der Waals surface area contributed by atoms with Gasteiger partial charge >= 0.3 is 9.24 Å². The summed E-state index contributed by atoms with van der Waals surface area (Å²) >= 11 is 0. The van der Waals surface area contributed by atoms with Crippen LogP contribution in [0, 0.1) is 0 Å². The highest BCUT2D eigenvalue weighted by molar-refractivity contribution is 8.12. The zero-order valence-corrected chi connectivity index (χ0v) is 11.9. The van der Waals surface area contributed by atoms with E-state index in [-0.39, 0.29) is 0 Å². The van der Waals surface area contributed by atoms with Crippen molar-refractivity contribution in [2.45, 2.75) is 0 Å². The Bertz CT molecular complexity index is 920. The van der Waals surface area contributed by atoms with Crippen LogP contribution in [0.1, 0.15) is 0 Å². The monoisotopic (exact) mass is 303 g/mol. The first kappa shape index (κ1) is 13.1. The lowest BCUT2D eigenvalue weighted by molar-refractivity contribution is 0.610. The Kier molecular flexibility index (Phi) is 3.20. The molecule has 0 unspecified atom stereocenters. The van der Waals surface area contributed by atoms with Crippen molar-refractivity contribution in [3.05, 3.63) is 66.0 Å². The van der Waals surface area contributed by atoms with Crippen LogP contribution in [0.25, 0.3) is 21.5 Å². The van der Waals surface area contributed by atoms with Gasteiger partial charge in [0.05, 0.1) is 5.36 Å². The normalized spacial score (nSPS) is 11.7. The van der Waals surface area contributed by atoms with Gasteiger partial charge < -0.3 is 0 Å². The quantitative estimate of drug-likeness (QED) is 0.647. The Morgan fingerprint density at radius 3 is 1.65 bits per heavy atom. The van der Waals surface area contributed by atoms with Gasteiger partial charge in [-0.2, -0.15) is 8.42 Å². The van der Waals surface area contributed by atoms with Crippen molar-refractivity contribution in [3.8, 4) is 0 Å². The van der Waals surface area contributed by atoms with Crippen molar-refractivity contribution in [2.75, 3.05) is 0 Å². The minimum atomic E-state index is -3.99. The van der Waals surface area contributed by atoms with Gasteiger partial charge in [0, 0.05) is 21.5 Å². The predicted octanol–water partition coefficient (Wildman–Crippen LogP) is 3.38. The molecule has 100 valence electrons. The molecular weight excluding hydrogens is 294 g/mol. The molecule has 3 aromatic rings. The largest absolute Gasteiger partial charge is 0.340 e. The highest BCUT2D eigenvalue weighted by atomic mass is 35.7. The van der Waals surface area contributed by atoms with E-state index in [9.17, 15) is 8.42 Å². The summed E-state index contributed by atoms with van der Waals surface area (Å²) in [6.45, 7) is 0. The standard InChI is InChI=1S/C15H10ClNO2S/c16-20(18,19)17-15-13-7-3-1-5-11(13)9-10-12-6-2-4-8-14(12)15/h1-10H. The molecule has 3 rings (SSSR count). The number of halogens is 1. The molecule has 0 aliphatic rings. The molecule has 0 amide bonds. The maximum absolute atomic E-state index is 11.4. The molecule has 20 heavy (non-hydrogen) atoms. The third-order valence-electron chi connectivity index (χ3n) is 3.07. The fraction of sp³-hybridized carbons (Fsp3) is 0. The lowest BCUT2D eigenvalue weighted by atomic mass is 10.1. The van der Waals surface area contributed by atoms with Crippen LogP contribution in [0.5, 0.6) is 0 Å². The predicted molar refractivity (Wildman–Crippen MR) is 81.8 cm³/mol. The molecule has 3 nitrogen and oxygen atoms in total. The van der Waals surface area contributed by atoms with Gasteiger partial charge in [0.2, 0.25) is 0 Å². The molecule has 3 aromatic carbocycles. The lowest BCUT2D eigenvalue weighted by Gasteiger charge is -1.95. The fourth-order valence-corrected chi connectivity index (χ4v) is 2.87. The smallest absolute Gasteiger partial charge is 0.187 e. The van der Waals surface area contributed by atoms with Crippen molar-refractivity contribution in [1.29, 1.82) is 0 Å². The molecule has 0 heterocycles. The maximum atomic E-state index is 11.4. The molecular formula is C15H10ClNO2S. The number of rotatable bonds is 1. The van der Waals surface area contributed by atoms with E-state index in [0.717, 1.165) is 21.5 Å². The minimum Gasteiger partial charge on any atom is -0.187 e. The highest BCUT2D eigenvalue weighted by Gasteiger charge is 2.05. The van der Waals surface area contributed by atoms with Crippen LogP contribution in [0.2, 0.25) is 0 Å². The second kappa shape index (κ2) is 4.89. The second-order valence-corrected chi connectivity index (χ2v) is 6.54. The van der Waals surface area contributed by atoms with Crippen molar-refractivity contribution in [3.63, 3.8) is 0 Å². The first-order chi connectivity index (χ1) is 9.54. The Labute approximate surface area is 120 Å². The lowest BCUT2D eigenvalue weighted by Crippen LogP contribution is -2.04. The van der Waals surface area contributed by atoms with Crippen LogP contribution < -0.4 is 5.36 Å². The van der Waals surface area contributed by atoms with E-state index < -0.39 is 9.24 Å². The molecule has 0 bridgehead atoms. The fourth-order valence-electron chi connectivity index (χ4n) is 2.25. The Morgan fingerprint density at radius 2 is 1.20 bits per heavy atom. The first-order valence-corrected chi connectivity index (χ1v) is 8.23. The maximum Gasteiger partial charge on any atom is 0.340 e. The molecule has 0 aliphatic carbocycles. The van der Waals surface area contributed by atoms with E-state index in [1.54, 1.807) is 0 Å². The number of nitrogens with zero attached hydrogens (tertiary/aromatic N) is 1. The third-order valence-corrected chi connectivity index (χ3v) is 3.68.